The van der Waals surface area contributed by atoms with Crippen molar-refractivity contribution in [2.45, 2.75) is 51.2 Å². The van der Waals surface area contributed by atoms with Gasteiger partial charge in [-0.25, -0.2) is 9.78 Å². The van der Waals surface area contributed by atoms with Crippen LogP contribution in [0.25, 0.3) is 11.5 Å². The lowest BCUT2D eigenvalue weighted by Crippen LogP contribution is -2.49. The highest BCUT2D eigenvalue weighted by molar-refractivity contribution is 6.08. The molecule has 1 aliphatic heterocycles. The minimum atomic E-state index is -0.801. The number of hydrogen-bond donors (Lipinski definition) is 0. The quantitative estimate of drug-likeness (QED) is 0.554. The van der Waals surface area contributed by atoms with Gasteiger partial charge in [-0.15, -0.1) is 0 Å². The van der Waals surface area contributed by atoms with Crippen LogP contribution in [0.3, 0.4) is 0 Å². The molecule has 1 aromatic heterocycles. The van der Waals surface area contributed by atoms with Crippen molar-refractivity contribution in [3.63, 3.8) is 0 Å². The highest BCUT2D eigenvalue weighted by Crippen LogP contribution is 2.39. The van der Waals surface area contributed by atoms with Gasteiger partial charge >= 0.3 is 12.0 Å². The summed E-state index contributed by atoms with van der Waals surface area (Å²) in [6.07, 6.45) is 5.57. The Kier molecular flexibility index (Phi) is 5.32. The molecule has 8 heteroatoms. The number of benzene rings is 1. The number of oxazole rings is 1. The third-order valence-corrected chi connectivity index (χ3v) is 6.00. The molecular weight excluding hydrogens is 386 g/mol. The number of ether oxygens (including phenoxy) is 1. The van der Waals surface area contributed by atoms with E-state index in [0.29, 0.717) is 24.4 Å². The predicted molar refractivity (Wildman–Crippen MR) is 107 cm³/mol. The molecule has 4 rings (SSSR count). The third kappa shape index (κ3) is 3.58. The van der Waals surface area contributed by atoms with Crippen LogP contribution in [0.5, 0.6) is 0 Å². The van der Waals surface area contributed by atoms with Crippen molar-refractivity contribution in [1.29, 1.82) is 0 Å². The van der Waals surface area contributed by atoms with Crippen molar-refractivity contribution >= 4 is 17.9 Å². The minimum Gasteiger partial charge on any atom is -0.458 e. The van der Waals surface area contributed by atoms with Gasteiger partial charge in [0, 0.05) is 12.6 Å². The number of aromatic nitrogens is 1. The molecule has 3 amide bonds. The van der Waals surface area contributed by atoms with Crippen LogP contribution in [0.2, 0.25) is 0 Å². The number of nitrogens with zero attached hydrogens (tertiary/aromatic N) is 3. The average Bonchev–Trinajstić information content (AvgIpc) is 3.29. The SMILES string of the molecule is Cc1ccc(-c2nc(COC(=O)CN3C(=O)N(C)C4(CCCCC4)C3=O)co2)cc1. The van der Waals surface area contributed by atoms with Crippen molar-refractivity contribution in [2.75, 3.05) is 13.6 Å². The van der Waals surface area contributed by atoms with Crippen molar-refractivity contribution in [3.8, 4) is 11.5 Å². The first kappa shape index (κ1) is 20.1. The van der Waals surface area contributed by atoms with Crippen molar-refractivity contribution in [3.05, 3.63) is 41.8 Å². The molecular formula is C22H25N3O5. The molecule has 2 heterocycles. The summed E-state index contributed by atoms with van der Waals surface area (Å²) < 4.78 is 10.7. The first-order chi connectivity index (χ1) is 14.4. The highest BCUT2D eigenvalue weighted by atomic mass is 16.5. The minimum absolute atomic E-state index is 0.0919. The van der Waals surface area contributed by atoms with Crippen LogP contribution in [0.15, 0.2) is 34.9 Å². The Morgan fingerprint density at radius 3 is 2.57 bits per heavy atom. The number of rotatable bonds is 5. The molecule has 0 atom stereocenters. The van der Waals surface area contributed by atoms with E-state index >= 15 is 0 Å². The van der Waals surface area contributed by atoms with E-state index in [2.05, 4.69) is 4.98 Å². The zero-order valence-corrected chi connectivity index (χ0v) is 17.2. The second-order valence-corrected chi connectivity index (χ2v) is 8.00. The van der Waals surface area contributed by atoms with E-state index in [4.69, 9.17) is 9.15 Å². The van der Waals surface area contributed by atoms with Crippen molar-refractivity contribution < 1.29 is 23.5 Å². The maximum absolute atomic E-state index is 12.9. The maximum atomic E-state index is 12.9. The third-order valence-electron chi connectivity index (χ3n) is 6.00. The van der Waals surface area contributed by atoms with Crippen LogP contribution in [0.4, 0.5) is 4.79 Å². The number of esters is 1. The summed E-state index contributed by atoms with van der Waals surface area (Å²) in [7, 11) is 1.64. The Hall–Kier alpha value is -3.16. The van der Waals surface area contributed by atoms with Crippen LogP contribution < -0.4 is 0 Å². The van der Waals surface area contributed by atoms with Crippen LogP contribution in [-0.4, -0.2) is 51.8 Å². The molecule has 1 spiro atoms. The summed E-state index contributed by atoms with van der Waals surface area (Å²) in [5.74, 6) is -0.514. The zero-order valence-electron chi connectivity index (χ0n) is 17.2. The average molecular weight is 411 g/mol. The summed E-state index contributed by atoms with van der Waals surface area (Å²) in [5.41, 5.74) is 1.61. The highest BCUT2D eigenvalue weighted by Gasteiger charge is 2.55. The van der Waals surface area contributed by atoms with E-state index in [9.17, 15) is 14.4 Å². The van der Waals surface area contributed by atoms with Gasteiger partial charge in [0.15, 0.2) is 0 Å². The van der Waals surface area contributed by atoms with E-state index in [1.807, 2.05) is 31.2 Å². The van der Waals surface area contributed by atoms with E-state index in [1.165, 1.54) is 11.2 Å². The first-order valence-corrected chi connectivity index (χ1v) is 10.2. The monoisotopic (exact) mass is 411 g/mol. The van der Waals surface area contributed by atoms with E-state index < -0.39 is 24.1 Å². The Balaban J connectivity index is 1.36. The van der Waals surface area contributed by atoms with Crippen molar-refractivity contribution in [1.82, 2.24) is 14.8 Å². The van der Waals surface area contributed by atoms with E-state index in [-0.39, 0.29) is 12.5 Å². The molecule has 2 aromatic rings. The fourth-order valence-electron chi connectivity index (χ4n) is 4.20. The van der Waals surface area contributed by atoms with Crippen LogP contribution >= 0.6 is 0 Å². The second-order valence-electron chi connectivity index (χ2n) is 8.00. The molecule has 8 nitrogen and oxygen atoms in total. The molecule has 30 heavy (non-hydrogen) atoms. The predicted octanol–water partition coefficient (Wildman–Crippen LogP) is 3.29. The van der Waals surface area contributed by atoms with Crippen LogP contribution in [0.1, 0.15) is 43.4 Å². The molecule has 1 saturated heterocycles. The Bertz CT molecular complexity index is 959. The number of carbonyl (C=O) groups excluding carboxylic acids is 3. The summed E-state index contributed by atoms with van der Waals surface area (Å²) in [5, 5.41) is 0. The smallest absolute Gasteiger partial charge is 0.327 e. The normalized spacial score (nSPS) is 18.3. The summed E-state index contributed by atoms with van der Waals surface area (Å²) in [6.45, 7) is 1.51. The molecule has 0 unspecified atom stereocenters. The standard InChI is InChI=1S/C22H25N3O5/c1-15-6-8-16(9-7-15)19-23-17(14-30-19)13-29-18(26)12-25-20(27)22(24(2)21(25)28)10-4-3-5-11-22/h6-9,14H,3-5,10-13H2,1-2H3. The molecule has 1 saturated carbocycles. The number of urea groups is 1. The Morgan fingerprint density at radius 2 is 1.87 bits per heavy atom. The number of likely N-dealkylation sites (N-methyl/N-ethyl adjacent to an activating group) is 1. The second kappa shape index (κ2) is 7.93. The molecule has 0 bridgehead atoms. The number of carbonyl (C=O) groups is 3. The number of amides is 3. The summed E-state index contributed by atoms with van der Waals surface area (Å²) >= 11 is 0. The van der Waals surface area contributed by atoms with Gasteiger partial charge in [-0.05, 0) is 31.9 Å². The molecule has 2 fully saturated rings. The topological polar surface area (TPSA) is 93.0 Å². The molecule has 1 aliphatic carbocycles. The first-order valence-electron chi connectivity index (χ1n) is 10.2. The summed E-state index contributed by atoms with van der Waals surface area (Å²) in [6, 6.07) is 7.28. The van der Waals surface area contributed by atoms with Crippen molar-refractivity contribution in [2.24, 2.45) is 0 Å². The molecule has 0 radical (unpaired) electrons. The number of hydrogen-bond acceptors (Lipinski definition) is 6. The van der Waals surface area contributed by atoms with Gasteiger partial charge in [-0.1, -0.05) is 37.0 Å². The van der Waals surface area contributed by atoms with Gasteiger partial charge in [-0.3, -0.25) is 14.5 Å². The number of imide groups is 1. The fourth-order valence-corrected chi connectivity index (χ4v) is 4.20. The van der Waals surface area contributed by atoms with Gasteiger partial charge in [0.05, 0.1) is 0 Å². The molecule has 158 valence electrons. The zero-order chi connectivity index (χ0) is 21.3. The lowest BCUT2D eigenvalue weighted by Gasteiger charge is -2.35. The van der Waals surface area contributed by atoms with Gasteiger partial charge < -0.3 is 14.1 Å². The van der Waals surface area contributed by atoms with Crippen LogP contribution in [0, 0.1) is 6.92 Å². The summed E-state index contributed by atoms with van der Waals surface area (Å²) in [4.78, 5) is 44.6. The molecule has 0 N–H and O–H groups in total. The van der Waals surface area contributed by atoms with E-state index in [0.717, 1.165) is 35.3 Å². The fraction of sp³-hybridized carbons (Fsp3) is 0.455. The van der Waals surface area contributed by atoms with Gasteiger partial charge in [-0.2, -0.15) is 0 Å². The lowest BCUT2D eigenvalue weighted by molar-refractivity contribution is -0.149. The van der Waals surface area contributed by atoms with Gasteiger partial charge in [0.1, 0.15) is 30.6 Å². The van der Waals surface area contributed by atoms with Crippen LogP contribution in [-0.2, 0) is 20.9 Å². The Morgan fingerprint density at radius 1 is 1.17 bits per heavy atom. The van der Waals surface area contributed by atoms with E-state index in [1.54, 1.807) is 7.05 Å². The number of aryl methyl sites for hydroxylation is 1. The van der Waals surface area contributed by atoms with Gasteiger partial charge in [0.2, 0.25) is 5.89 Å². The van der Waals surface area contributed by atoms with Gasteiger partial charge in [0.25, 0.3) is 5.91 Å². The largest absolute Gasteiger partial charge is 0.458 e. The molecule has 2 aliphatic rings. The lowest BCUT2D eigenvalue weighted by atomic mass is 9.81. The molecule has 1 aromatic carbocycles. The maximum Gasteiger partial charge on any atom is 0.327 e. The Labute approximate surface area is 174 Å².